The highest BCUT2D eigenvalue weighted by atomic mass is 28.4. The van der Waals surface area contributed by atoms with Crippen LogP contribution in [0, 0.1) is 46.3 Å². The number of hydrogen-bond donors (Lipinski definition) is 0. The maximum Gasteiger partial charge on any atom is 0.305 e. The van der Waals surface area contributed by atoms with Crippen LogP contribution in [0.1, 0.15) is 78.6 Å². The fourth-order valence-electron chi connectivity index (χ4n) is 9.98. The second-order valence-corrected chi connectivity index (χ2v) is 31.5. The number of carbonyl (C=O) groups is 1. The van der Waals surface area contributed by atoms with Crippen LogP contribution < -0.4 is 0 Å². The van der Waals surface area contributed by atoms with Crippen molar-refractivity contribution in [2.75, 3.05) is 7.11 Å². The molecule has 9 heteroatoms. The first-order valence-electron chi connectivity index (χ1n) is 17.4. The standard InChI is InChI=1S/C34H65NO5Si3/c1-23(14-17-31(36)37-4)26-15-16-27-32-28(22-30(34(26,27)3)39-42(8,9)10)33(2)19-18-25(38-41(5,6)7)20-24(33)21-29(32)35-40-43(11,12)13/h23-28,30,32H,14-22H2,1-13H3/b35-29+/t23?,24-,25+,26?,27?,28?,30-,32?,33?,34?/m0/s1. The number of methoxy groups -OCH3 is 1. The SMILES string of the molecule is COC(=O)CCC(C)C1CCC2C3/C(=N/O[Si](C)(C)C)C[C@@H]4C[C@H](O[Si](C)(C)C)CCC4(C)C3C[C@H](O[Si](C)(C)C)C12C. The molecule has 0 aliphatic heterocycles. The van der Waals surface area contributed by atoms with Gasteiger partial charge in [0, 0.05) is 18.4 Å². The molecule has 4 fully saturated rings. The second kappa shape index (κ2) is 12.6. The quantitative estimate of drug-likeness (QED) is 0.134. The third kappa shape index (κ3) is 7.74. The Bertz CT molecular complexity index is 1030. The minimum absolute atomic E-state index is 0.0538. The van der Waals surface area contributed by atoms with E-state index in [0.717, 1.165) is 25.7 Å². The van der Waals surface area contributed by atoms with Crippen LogP contribution in [0.4, 0.5) is 0 Å². The summed E-state index contributed by atoms with van der Waals surface area (Å²) in [7, 11) is -3.75. The molecule has 4 aliphatic rings. The summed E-state index contributed by atoms with van der Waals surface area (Å²) in [6, 6.07) is 0. The average molecular weight is 652 g/mol. The molecule has 0 aromatic heterocycles. The molecule has 0 aromatic carbocycles. The van der Waals surface area contributed by atoms with E-state index in [9.17, 15) is 4.79 Å². The summed E-state index contributed by atoms with van der Waals surface area (Å²) in [6.07, 6.45) is 10.1. The first-order chi connectivity index (χ1) is 19.7. The van der Waals surface area contributed by atoms with Crippen molar-refractivity contribution in [3.8, 4) is 0 Å². The Kier molecular flexibility index (Phi) is 10.4. The second-order valence-electron chi connectivity index (χ2n) is 18.2. The van der Waals surface area contributed by atoms with Crippen molar-refractivity contribution in [1.29, 1.82) is 0 Å². The van der Waals surface area contributed by atoms with Crippen LogP contribution in [0.15, 0.2) is 5.16 Å². The molecule has 0 spiro atoms. The fraction of sp³-hybridized carbons (Fsp3) is 0.941. The predicted molar refractivity (Wildman–Crippen MR) is 185 cm³/mol. The summed E-state index contributed by atoms with van der Waals surface area (Å²) < 4.78 is 25.5. The molecule has 0 N–H and O–H groups in total. The van der Waals surface area contributed by atoms with Crippen LogP contribution in [0.25, 0.3) is 0 Å². The molecule has 0 radical (unpaired) electrons. The number of ether oxygens (including phenoxy) is 1. The van der Waals surface area contributed by atoms with Crippen LogP contribution in [-0.4, -0.2) is 56.0 Å². The van der Waals surface area contributed by atoms with Crippen LogP contribution >= 0.6 is 0 Å². The summed E-state index contributed by atoms with van der Waals surface area (Å²) in [5, 5.41) is 5.15. The molecule has 0 amide bonds. The first-order valence-corrected chi connectivity index (χ1v) is 27.6. The maximum atomic E-state index is 12.1. The number of esters is 1. The molecule has 7 unspecified atom stereocenters. The van der Waals surface area contributed by atoms with Crippen molar-refractivity contribution in [3.63, 3.8) is 0 Å². The van der Waals surface area contributed by atoms with Gasteiger partial charge in [0.05, 0.1) is 18.9 Å². The molecule has 4 aliphatic carbocycles. The van der Waals surface area contributed by atoms with Crippen molar-refractivity contribution in [2.45, 2.75) is 150 Å². The average Bonchev–Trinajstić information content (AvgIpc) is 3.22. The Balaban J connectivity index is 1.75. The molecule has 10 atom stereocenters. The van der Waals surface area contributed by atoms with Gasteiger partial charge >= 0.3 is 5.97 Å². The lowest BCUT2D eigenvalue weighted by Crippen LogP contribution is -2.63. The minimum atomic E-state index is -1.83. The van der Waals surface area contributed by atoms with Gasteiger partial charge in [0.1, 0.15) is 0 Å². The summed E-state index contributed by atoms with van der Waals surface area (Å²) in [5.74, 6) is 2.95. The van der Waals surface area contributed by atoms with E-state index in [1.165, 1.54) is 38.5 Å². The lowest BCUT2D eigenvalue weighted by molar-refractivity contribution is -0.144. The van der Waals surface area contributed by atoms with Crippen molar-refractivity contribution in [1.82, 2.24) is 0 Å². The predicted octanol–water partition coefficient (Wildman–Crippen LogP) is 9.10. The zero-order valence-electron chi connectivity index (χ0n) is 30.0. The van der Waals surface area contributed by atoms with E-state index in [0.29, 0.717) is 48.0 Å². The van der Waals surface area contributed by atoms with Crippen LogP contribution in [-0.2, 0) is 22.9 Å². The molecular weight excluding hydrogens is 587 g/mol. The van der Waals surface area contributed by atoms with E-state index in [2.05, 4.69) is 79.7 Å². The Morgan fingerprint density at radius 2 is 1.56 bits per heavy atom. The summed E-state index contributed by atoms with van der Waals surface area (Å²) in [4.78, 5) is 12.1. The van der Waals surface area contributed by atoms with Crippen molar-refractivity contribution in [2.24, 2.45) is 51.5 Å². The smallest absolute Gasteiger partial charge is 0.305 e. The van der Waals surface area contributed by atoms with E-state index in [1.807, 2.05) is 0 Å². The van der Waals surface area contributed by atoms with Gasteiger partial charge < -0.3 is 18.1 Å². The van der Waals surface area contributed by atoms with Gasteiger partial charge in [-0.2, -0.15) is 0 Å². The molecule has 248 valence electrons. The van der Waals surface area contributed by atoms with Crippen LogP contribution in [0.2, 0.25) is 58.9 Å². The highest BCUT2D eigenvalue weighted by Crippen LogP contribution is 2.68. The van der Waals surface area contributed by atoms with Gasteiger partial charge in [0.15, 0.2) is 16.6 Å². The Morgan fingerprint density at radius 1 is 0.907 bits per heavy atom. The normalized spacial score (nSPS) is 39.9. The van der Waals surface area contributed by atoms with Crippen molar-refractivity contribution < 1.29 is 22.9 Å². The fourth-order valence-corrected chi connectivity index (χ4v) is 12.8. The molecular formula is C34H65NO5Si3. The van der Waals surface area contributed by atoms with Crippen LogP contribution in [0.3, 0.4) is 0 Å². The highest BCUT2D eigenvalue weighted by Gasteiger charge is 2.66. The molecule has 0 aromatic rings. The van der Waals surface area contributed by atoms with Gasteiger partial charge in [-0.15, -0.1) is 5.16 Å². The first kappa shape index (κ1) is 35.4. The third-order valence-corrected chi connectivity index (χ3v) is 14.4. The van der Waals surface area contributed by atoms with E-state index in [4.69, 9.17) is 23.3 Å². The van der Waals surface area contributed by atoms with Gasteiger partial charge in [0.2, 0.25) is 0 Å². The van der Waals surface area contributed by atoms with E-state index in [1.54, 1.807) is 0 Å². The Hall–Kier alpha value is -0.489. The van der Waals surface area contributed by atoms with Crippen molar-refractivity contribution >= 4 is 36.6 Å². The maximum absolute atomic E-state index is 12.1. The number of carbonyl (C=O) groups excluding carboxylic acids is 1. The number of hydrogen-bond acceptors (Lipinski definition) is 6. The Labute approximate surface area is 267 Å². The molecule has 0 saturated heterocycles. The van der Waals surface area contributed by atoms with Crippen LogP contribution in [0.5, 0.6) is 0 Å². The number of rotatable bonds is 10. The lowest BCUT2D eigenvalue weighted by Gasteiger charge is -2.63. The van der Waals surface area contributed by atoms with E-state index in [-0.39, 0.29) is 22.9 Å². The summed E-state index contributed by atoms with van der Waals surface area (Å²) in [5.41, 5.74) is 1.66. The highest BCUT2D eigenvalue weighted by molar-refractivity contribution is 6.70. The van der Waals surface area contributed by atoms with E-state index < -0.39 is 25.0 Å². The molecule has 0 heterocycles. The summed E-state index contributed by atoms with van der Waals surface area (Å²) in [6.45, 7) is 28.4. The molecule has 0 bridgehead atoms. The molecule has 4 saturated carbocycles. The number of nitrogens with zero attached hydrogens (tertiary/aromatic N) is 1. The van der Waals surface area contributed by atoms with Crippen molar-refractivity contribution in [3.05, 3.63) is 0 Å². The van der Waals surface area contributed by atoms with Gasteiger partial charge in [-0.3, -0.25) is 4.79 Å². The molecule has 43 heavy (non-hydrogen) atoms. The molecule has 4 rings (SSSR count). The Morgan fingerprint density at radius 3 is 2.14 bits per heavy atom. The van der Waals surface area contributed by atoms with Gasteiger partial charge in [0.25, 0.3) is 8.32 Å². The number of fused-ring (bicyclic) bond motifs is 5. The minimum Gasteiger partial charge on any atom is -0.469 e. The molecule has 6 nitrogen and oxygen atoms in total. The summed E-state index contributed by atoms with van der Waals surface area (Å²) >= 11 is 0. The monoisotopic (exact) mass is 651 g/mol. The lowest BCUT2D eigenvalue weighted by atomic mass is 9.43. The van der Waals surface area contributed by atoms with Gasteiger partial charge in [-0.1, -0.05) is 20.8 Å². The third-order valence-electron chi connectivity index (χ3n) is 11.8. The van der Waals surface area contributed by atoms with Gasteiger partial charge in [-0.25, -0.2) is 0 Å². The largest absolute Gasteiger partial charge is 0.469 e. The zero-order chi connectivity index (χ0) is 32.2. The van der Waals surface area contributed by atoms with Gasteiger partial charge in [-0.05, 0) is 151 Å². The van der Waals surface area contributed by atoms with E-state index >= 15 is 0 Å². The topological polar surface area (TPSA) is 66.4 Å². The number of oxime groups is 1. The zero-order valence-corrected chi connectivity index (χ0v) is 33.0.